The van der Waals surface area contributed by atoms with E-state index >= 15 is 0 Å². The van der Waals surface area contributed by atoms with Crippen molar-refractivity contribution in [1.82, 2.24) is 4.98 Å². The standard InChI is InChI=1S/C26H22F3NO2S/c1-3-9-18-16-19-12-7-15-22(26(27,28)29)24(19)30-23(18)21-14-8-13-20(25(21)33(2,31)32)17-10-5-4-6-11-17/h4-8,10-16H,3,9H2,1-2H3. The third kappa shape index (κ3) is 4.50. The molecule has 3 aromatic carbocycles. The number of nitrogens with zero attached hydrogens (tertiary/aromatic N) is 1. The van der Waals surface area contributed by atoms with E-state index in [1.807, 2.05) is 13.0 Å². The van der Waals surface area contributed by atoms with Gasteiger partial charge in [0.2, 0.25) is 0 Å². The average molecular weight is 470 g/mol. The van der Waals surface area contributed by atoms with E-state index in [2.05, 4.69) is 4.98 Å². The molecule has 0 aliphatic rings. The molecule has 0 N–H and O–H groups in total. The van der Waals surface area contributed by atoms with Gasteiger partial charge in [0.15, 0.2) is 9.84 Å². The van der Waals surface area contributed by atoms with E-state index in [1.165, 1.54) is 6.07 Å². The van der Waals surface area contributed by atoms with E-state index in [4.69, 9.17) is 0 Å². The Kier molecular flexibility index (Phi) is 6.01. The number of rotatable bonds is 5. The van der Waals surface area contributed by atoms with Crippen molar-refractivity contribution < 1.29 is 21.6 Å². The van der Waals surface area contributed by atoms with E-state index in [9.17, 15) is 21.6 Å². The molecule has 1 heterocycles. The number of sulfone groups is 1. The van der Waals surface area contributed by atoms with Gasteiger partial charge in [0.05, 0.1) is 21.7 Å². The molecular weight excluding hydrogens is 447 g/mol. The van der Waals surface area contributed by atoms with Gasteiger partial charge in [0.25, 0.3) is 0 Å². The normalized spacial score (nSPS) is 12.3. The van der Waals surface area contributed by atoms with Crippen LogP contribution < -0.4 is 0 Å². The molecule has 170 valence electrons. The minimum Gasteiger partial charge on any atom is -0.247 e. The predicted molar refractivity (Wildman–Crippen MR) is 125 cm³/mol. The van der Waals surface area contributed by atoms with Crippen LogP contribution in [0.2, 0.25) is 0 Å². The largest absolute Gasteiger partial charge is 0.418 e. The van der Waals surface area contributed by atoms with Crippen LogP contribution in [0.5, 0.6) is 0 Å². The fourth-order valence-corrected chi connectivity index (χ4v) is 5.28. The maximum absolute atomic E-state index is 13.7. The second-order valence-corrected chi connectivity index (χ2v) is 9.89. The van der Waals surface area contributed by atoms with E-state index in [-0.39, 0.29) is 16.1 Å². The van der Waals surface area contributed by atoms with Crippen LogP contribution in [0.1, 0.15) is 24.5 Å². The van der Waals surface area contributed by atoms with Crippen LogP contribution in [-0.2, 0) is 22.4 Å². The number of alkyl halides is 3. The molecule has 0 spiro atoms. The highest BCUT2D eigenvalue weighted by molar-refractivity contribution is 7.91. The Bertz CT molecular complexity index is 1430. The third-order valence-corrected chi connectivity index (χ3v) is 6.66. The Labute approximate surface area is 190 Å². The number of pyridine rings is 1. The van der Waals surface area contributed by atoms with E-state index in [1.54, 1.807) is 54.6 Å². The Balaban J connectivity index is 2.11. The lowest BCUT2D eigenvalue weighted by molar-refractivity contribution is -0.136. The first kappa shape index (κ1) is 23.0. The summed E-state index contributed by atoms with van der Waals surface area (Å²) in [5.41, 5.74) is 1.44. The van der Waals surface area contributed by atoms with Crippen molar-refractivity contribution in [3.05, 3.63) is 83.9 Å². The van der Waals surface area contributed by atoms with Gasteiger partial charge in [0, 0.05) is 22.8 Å². The van der Waals surface area contributed by atoms with Crippen molar-refractivity contribution in [2.24, 2.45) is 0 Å². The second kappa shape index (κ2) is 8.63. The molecule has 7 heteroatoms. The average Bonchev–Trinajstić information content (AvgIpc) is 2.77. The van der Waals surface area contributed by atoms with Crippen LogP contribution in [-0.4, -0.2) is 19.7 Å². The molecule has 4 rings (SSSR count). The number of benzene rings is 3. The molecule has 0 aliphatic heterocycles. The molecule has 0 aliphatic carbocycles. The molecule has 0 bridgehead atoms. The minimum atomic E-state index is -4.58. The first-order chi connectivity index (χ1) is 15.6. The van der Waals surface area contributed by atoms with Gasteiger partial charge in [0.1, 0.15) is 0 Å². The Morgan fingerprint density at radius 2 is 1.55 bits per heavy atom. The Morgan fingerprint density at radius 1 is 0.879 bits per heavy atom. The zero-order valence-electron chi connectivity index (χ0n) is 18.1. The summed E-state index contributed by atoms with van der Waals surface area (Å²) in [4.78, 5) is 4.52. The zero-order chi connectivity index (χ0) is 23.8. The van der Waals surface area contributed by atoms with Crippen LogP contribution in [0.25, 0.3) is 33.3 Å². The quantitative estimate of drug-likeness (QED) is 0.318. The number of aromatic nitrogens is 1. The maximum atomic E-state index is 13.7. The topological polar surface area (TPSA) is 47.0 Å². The second-order valence-electron chi connectivity index (χ2n) is 7.94. The molecule has 3 nitrogen and oxygen atoms in total. The highest BCUT2D eigenvalue weighted by Crippen LogP contribution is 2.40. The van der Waals surface area contributed by atoms with Crippen molar-refractivity contribution in [3.63, 3.8) is 0 Å². The monoisotopic (exact) mass is 469 g/mol. The predicted octanol–water partition coefficient (Wildman–Crippen LogP) is 6.94. The van der Waals surface area contributed by atoms with E-state index in [0.29, 0.717) is 34.1 Å². The lowest BCUT2D eigenvalue weighted by Crippen LogP contribution is -2.09. The van der Waals surface area contributed by atoms with Gasteiger partial charge in [-0.3, -0.25) is 0 Å². The molecular formula is C26H22F3NO2S. The Hall–Kier alpha value is -3.19. The van der Waals surface area contributed by atoms with Gasteiger partial charge in [-0.25, -0.2) is 13.4 Å². The number of hydrogen-bond donors (Lipinski definition) is 0. The molecule has 0 radical (unpaired) electrons. The van der Waals surface area contributed by atoms with Gasteiger partial charge >= 0.3 is 6.18 Å². The number of para-hydroxylation sites is 1. The maximum Gasteiger partial charge on any atom is 0.418 e. The molecule has 0 saturated heterocycles. The van der Waals surface area contributed by atoms with Gasteiger partial charge in [-0.2, -0.15) is 13.2 Å². The summed E-state index contributed by atoms with van der Waals surface area (Å²) in [5, 5.41) is 0.372. The van der Waals surface area contributed by atoms with Crippen LogP contribution in [0.15, 0.2) is 77.7 Å². The summed E-state index contributed by atoms with van der Waals surface area (Å²) in [5.74, 6) is 0. The van der Waals surface area contributed by atoms with Crippen LogP contribution >= 0.6 is 0 Å². The van der Waals surface area contributed by atoms with Gasteiger partial charge in [-0.05, 0) is 29.7 Å². The number of hydrogen-bond acceptors (Lipinski definition) is 3. The molecule has 0 atom stereocenters. The fourth-order valence-electron chi connectivity index (χ4n) is 4.13. The van der Waals surface area contributed by atoms with E-state index in [0.717, 1.165) is 18.7 Å². The summed E-state index contributed by atoms with van der Waals surface area (Å²) < 4.78 is 67.1. The van der Waals surface area contributed by atoms with Crippen molar-refractivity contribution in [1.29, 1.82) is 0 Å². The highest BCUT2D eigenvalue weighted by Gasteiger charge is 2.33. The van der Waals surface area contributed by atoms with Crippen molar-refractivity contribution >= 4 is 20.7 Å². The van der Waals surface area contributed by atoms with Crippen LogP contribution in [0.4, 0.5) is 13.2 Å². The van der Waals surface area contributed by atoms with E-state index < -0.39 is 21.6 Å². The van der Waals surface area contributed by atoms with Gasteiger partial charge < -0.3 is 0 Å². The summed E-state index contributed by atoms with van der Waals surface area (Å²) in [6, 6.07) is 19.7. The number of halogens is 3. The summed E-state index contributed by atoms with van der Waals surface area (Å²) >= 11 is 0. The first-order valence-corrected chi connectivity index (χ1v) is 12.4. The summed E-state index contributed by atoms with van der Waals surface area (Å²) in [6.45, 7) is 1.96. The molecule has 0 saturated carbocycles. The SMILES string of the molecule is CCCc1cc2cccc(C(F)(F)F)c2nc1-c1cccc(-c2ccccc2)c1S(C)(=O)=O. The number of aryl methyl sites for hydroxylation is 1. The van der Waals surface area contributed by atoms with Gasteiger partial charge in [-0.15, -0.1) is 0 Å². The van der Waals surface area contributed by atoms with Crippen molar-refractivity contribution in [2.75, 3.05) is 6.26 Å². The zero-order valence-corrected chi connectivity index (χ0v) is 19.0. The highest BCUT2D eigenvalue weighted by atomic mass is 32.2. The molecule has 1 aromatic heterocycles. The van der Waals surface area contributed by atoms with Crippen molar-refractivity contribution in [2.45, 2.75) is 30.8 Å². The summed E-state index contributed by atoms with van der Waals surface area (Å²) in [6.07, 6.45) is -2.19. The lowest BCUT2D eigenvalue weighted by Gasteiger charge is -2.18. The minimum absolute atomic E-state index is 0.0601. The van der Waals surface area contributed by atoms with Crippen LogP contribution in [0, 0.1) is 0 Å². The lowest BCUT2D eigenvalue weighted by atomic mass is 9.96. The smallest absolute Gasteiger partial charge is 0.247 e. The summed E-state index contributed by atoms with van der Waals surface area (Å²) in [7, 11) is -3.75. The molecule has 0 amide bonds. The molecule has 0 unspecified atom stereocenters. The molecule has 0 fully saturated rings. The Morgan fingerprint density at radius 3 is 2.18 bits per heavy atom. The first-order valence-electron chi connectivity index (χ1n) is 10.5. The molecule has 4 aromatic rings. The molecule has 33 heavy (non-hydrogen) atoms. The van der Waals surface area contributed by atoms with Crippen molar-refractivity contribution in [3.8, 4) is 22.4 Å². The van der Waals surface area contributed by atoms with Crippen LogP contribution in [0.3, 0.4) is 0 Å². The number of fused-ring (bicyclic) bond motifs is 1. The van der Waals surface area contributed by atoms with Gasteiger partial charge in [-0.1, -0.05) is 74.0 Å². The fraction of sp³-hybridized carbons (Fsp3) is 0.192. The third-order valence-electron chi connectivity index (χ3n) is 5.48.